The average Bonchev–Trinajstić information content (AvgIpc) is 3.32. The lowest BCUT2D eigenvalue weighted by molar-refractivity contribution is -0.114. The van der Waals surface area contributed by atoms with E-state index in [1.165, 1.54) is 5.01 Å². The molecule has 1 N–H and O–H groups in total. The summed E-state index contributed by atoms with van der Waals surface area (Å²) in [6.45, 7) is 9.35. The van der Waals surface area contributed by atoms with Crippen LogP contribution in [0.2, 0.25) is 0 Å². The molecule has 1 aliphatic heterocycles. The topological polar surface area (TPSA) is 61.1 Å². The largest absolute Gasteiger partial charge is 0.390 e. The molecule has 6 nitrogen and oxygen atoms in total. The molecule has 0 bridgehead atoms. The van der Waals surface area contributed by atoms with Gasteiger partial charge in [-0.1, -0.05) is 50.2 Å². The second-order valence-electron chi connectivity index (χ2n) is 8.90. The lowest BCUT2D eigenvalue weighted by Gasteiger charge is -2.24. The van der Waals surface area contributed by atoms with Crippen LogP contribution in [0.5, 0.6) is 0 Å². The minimum atomic E-state index is -0.473. The van der Waals surface area contributed by atoms with E-state index in [2.05, 4.69) is 40.5 Å². The number of hydrogen-bond donors (Lipinski definition) is 1. The first kappa shape index (κ1) is 23.9. The van der Waals surface area contributed by atoms with Gasteiger partial charge in [0.1, 0.15) is 0 Å². The molecule has 1 amide bonds. The number of benzene rings is 2. The summed E-state index contributed by atoms with van der Waals surface area (Å²) in [5.74, 6) is -0.129. The zero-order valence-electron chi connectivity index (χ0n) is 20.3. The molecular weight excluding hydrogens is 424 g/mol. The van der Waals surface area contributed by atoms with E-state index in [4.69, 9.17) is 0 Å². The zero-order valence-corrected chi connectivity index (χ0v) is 20.3. The van der Waals surface area contributed by atoms with Gasteiger partial charge in [0.15, 0.2) is 0 Å². The number of carbonyl (C=O) groups is 1. The number of aliphatic hydroxyl groups is 1. The van der Waals surface area contributed by atoms with Crippen LogP contribution in [0.15, 0.2) is 71.5 Å². The first-order valence-corrected chi connectivity index (χ1v) is 12.2. The van der Waals surface area contributed by atoms with Gasteiger partial charge in [-0.05, 0) is 57.1 Å². The molecule has 0 spiro atoms. The van der Waals surface area contributed by atoms with Crippen molar-refractivity contribution < 1.29 is 9.90 Å². The van der Waals surface area contributed by atoms with Crippen LogP contribution in [0.3, 0.4) is 0 Å². The fourth-order valence-electron chi connectivity index (χ4n) is 4.63. The van der Waals surface area contributed by atoms with Crippen LogP contribution in [-0.2, 0) is 11.3 Å². The van der Waals surface area contributed by atoms with Crippen molar-refractivity contribution in [3.8, 4) is 0 Å². The number of carbonyl (C=O) groups excluding carboxylic acids is 1. The maximum absolute atomic E-state index is 13.2. The van der Waals surface area contributed by atoms with Gasteiger partial charge in [0.05, 0.1) is 23.1 Å². The highest BCUT2D eigenvalue weighted by Crippen LogP contribution is 2.28. The first-order valence-electron chi connectivity index (χ1n) is 12.2. The predicted molar refractivity (Wildman–Crippen MR) is 140 cm³/mol. The summed E-state index contributed by atoms with van der Waals surface area (Å²) in [7, 11) is 0. The highest BCUT2D eigenvalue weighted by atomic mass is 16.3. The average molecular weight is 459 g/mol. The SMILES string of the molecule is CCCN(CCC)CC(O)Cn1cc(C=C2C(=O)N(c3ccccc3)N=C2C)c2ccccc21. The van der Waals surface area contributed by atoms with Crippen LogP contribution in [0, 0.1) is 0 Å². The molecule has 0 fully saturated rings. The number of rotatable bonds is 10. The van der Waals surface area contributed by atoms with Crippen LogP contribution < -0.4 is 5.01 Å². The third-order valence-electron chi connectivity index (χ3n) is 6.14. The Morgan fingerprint density at radius 2 is 1.71 bits per heavy atom. The third kappa shape index (κ3) is 5.13. The van der Waals surface area contributed by atoms with E-state index in [9.17, 15) is 9.90 Å². The Bertz CT molecular complexity index is 1190. The van der Waals surface area contributed by atoms with Crippen LogP contribution in [0.25, 0.3) is 17.0 Å². The van der Waals surface area contributed by atoms with Gasteiger partial charge in [0.2, 0.25) is 0 Å². The lowest BCUT2D eigenvalue weighted by Crippen LogP contribution is -2.35. The molecule has 1 atom stereocenters. The number of aromatic nitrogens is 1. The molecule has 3 aromatic rings. The Morgan fingerprint density at radius 1 is 1.03 bits per heavy atom. The monoisotopic (exact) mass is 458 g/mol. The fraction of sp³-hybridized carbons (Fsp3) is 0.357. The molecule has 2 heterocycles. The number of fused-ring (bicyclic) bond motifs is 1. The number of hydrogen-bond acceptors (Lipinski definition) is 4. The van der Waals surface area contributed by atoms with Crippen LogP contribution in [0.4, 0.5) is 5.69 Å². The number of amides is 1. The minimum Gasteiger partial charge on any atom is -0.390 e. The highest BCUT2D eigenvalue weighted by Gasteiger charge is 2.29. The van der Waals surface area contributed by atoms with Crippen molar-refractivity contribution in [1.82, 2.24) is 9.47 Å². The molecule has 6 heteroatoms. The summed E-state index contributed by atoms with van der Waals surface area (Å²) in [5.41, 5.74) is 4.04. The molecule has 0 radical (unpaired) electrons. The van der Waals surface area contributed by atoms with E-state index in [1.54, 1.807) is 0 Å². The normalized spacial score (nSPS) is 16.1. The maximum atomic E-state index is 13.2. The first-order chi connectivity index (χ1) is 16.5. The van der Waals surface area contributed by atoms with Gasteiger partial charge in [0.25, 0.3) is 5.91 Å². The van der Waals surface area contributed by atoms with E-state index < -0.39 is 6.10 Å². The Morgan fingerprint density at radius 3 is 2.41 bits per heavy atom. The van der Waals surface area contributed by atoms with Gasteiger partial charge in [-0.15, -0.1) is 0 Å². The summed E-state index contributed by atoms with van der Waals surface area (Å²) in [6, 6.07) is 17.6. The smallest absolute Gasteiger partial charge is 0.280 e. The molecule has 34 heavy (non-hydrogen) atoms. The van der Waals surface area contributed by atoms with Gasteiger partial charge < -0.3 is 14.6 Å². The summed E-state index contributed by atoms with van der Waals surface area (Å²) >= 11 is 0. The number of hydrazone groups is 1. The molecular formula is C28H34N4O2. The predicted octanol–water partition coefficient (Wildman–Crippen LogP) is 4.93. The van der Waals surface area contributed by atoms with Crippen molar-refractivity contribution >= 4 is 34.3 Å². The number of anilines is 1. The Hall–Kier alpha value is -3.22. The summed E-state index contributed by atoms with van der Waals surface area (Å²) in [6.07, 6.45) is 5.64. The van der Waals surface area contributed by atoms with Gasteiger partial charge >= 0.3 is 0 Å². The van der Waals surface area contributed by atoms with Crippen molar-refractivity contribution in [3.63, 3.8) is 0 Å². The number of aliphatic hydroxyl groups excluding tert-OH is 1. The zero-order chi connectivity index (χ0) is 24.1. The van der Waals surface area contributed by atoms with Gasteiger partial charge in [-0.25, -0.2) is 0 Å². The molecule has 1 aromatic heterocycles. The Balaban J connectivity index is 1.60. The summed E-state index contributed by atoms with van der Waals surface area (Å²) < 4.78 is 2.10. The molecule has 2 aromatic carbocycles. The molecule has 4 rings (SSSR count). The van der Waals surface area contributed by atoms with E-state index >= 15 is 0 Å². The van der Waals surface area contributed by atoms with E-state index in [0.29, 0.717) is 24.4 Å². The van der Waals surface area contributed by atoms with Gasteiger partial charge in [0, 0.05) is 35.8 Å². The fourth-order valence-corrected chi connectivity index (χ4v) is 4.63. The van der Waals surface area contributed by atoms with Crippen molar-refractivity contribution in [2.45, 2.75) is 46.3 Å². The third-order valence-corrected chi connectivity index (χ3v) is 6.14. The number of para-hydroxylation sites is 2. The van der Waals surface area contributed by atoms with Crippen LogP contribution in [0.1, 0.15) is 39.2 Å². The highest BCUT2D eigenvalue weighted by molar-refractivity contribution is 6.32. The van der Waals surface area contributed by atoms with Crippen LogP contribution >= 0.6 is 0 Å². The molecule has 0 saturated carbocycles. The Labute approximate surface area is 201 Å². The van der Waals surface area contributed by atoms with Crippen molar-refractivity contribution in [1.29, 1.82) is 0 Å². The number of nitrogens with zero attached hydrogens (tertiary/aromatic N) is 4. The minimum absolute atomic E-state index is 0.129. The van der Waals surface area contributed by atoms with E-state index in [-0.39, 0.29) is 5.91 Å². The molecule has 178 valence electrons. The van der Waals surface area contributed by atoms with Crippen LogP contribution in [-0.4, -0.2) is 51.9 Å². The second-order valence-corrected chi connectivity index (χ2v) is 8.90. The van der Waals surface area contributed by atoms with Crippen molar-refractivity contribution in [2.24, 2.45) is 5.10 Å². The molecule has 1 unspecified atom stereocenters. The molecule has 0 saturated heterocycles. The second kappa shape index (κ2) is 10.8. The van der Waals surface area contributed by atoms with Crippen molar-refractivity contribution in [2.75, 3.05) is 24.6 Å². The van der Waals surface area contributed by atoms with E-state index in [0.717, 1.165) is 48.1 Å². The maximum Gasteiger partial charge on any atom is 0.280 e. The summed E-state index contributed by atoms with van der Waals surface area (Å²) in [4.78, 5) is 15.5. The quantitative estimate of drug-likeness (QED) is 0.438. The lowest BCUT2D eigenvalue weighted by atomic mass is 10.1. The van der Waals surface area contributed by atoms with E-state index in [1.807, 2.05) is 61.7 Å². The molecule has 0 aliphatic carbocycles. The molecule has 1 aliphatic rings. The standard InChI is InChI=1S/C28H34N4O2/c1-4-15-30(16-5-2)19-24(33)20-31-18-22(25-13-9-10-14-27(25)31)17-26-21(3)29-32(28(26)34)23-11-7-6-8-12-23/h6-14,17-18,24,33H,4-5,15-16,19-20H2,1-3H3. The van der Waals surface area contributed by atoms with Gasteiger partial charge in [-0.3, -0.25) is 4.79 Å². The Kier molecular flexibility index (Phi) is 7.60. The summed E-state index contributed by atoms with van der Waals surface area (Å²) in [5, 5.41) is 17.9. The van der Waals surface area contributed by atoms with Gasteiger partial charge in [-0.2, -0.15) is 10.1 Å². The van der Waals surface area contributed by atoms with Crippen molar-refractivity contribution in [3.05, 3.63) is 71.9 Å².